The molecule has 0 fully saturated rings. The van der Waals surface area contributed by atoms with Crippen LogP contribution in [0, 0.1) is 0 Å². The van der Waals surface area contributed by atoms with Gasteiger partial charge in [-0.1, -0.05) is 102 Å². The van der Waals surface area contributed by atoms with Crippen molar-refractivity contribution in [1.29, 1.82) is 0 Å². The lowest BCUT2D eigenvalue weighted by Gasteiger charge is -2.28. The summed E-state index contributed by atoms with van der Waals surface area (Å²) in [6.45, 7) is 14.0. The first-order valence-electron chi connectivity index (χ1n) is 12.0. The van der Waals surface area contributed by atoms with E-state index in [2.05, 4.69) is 126 Å². The van der Waals surface area contributed by atoms with Gasteiger partial charge in [0.1, 0.15) is 0 Å². The first-order chi connectivity index (χ1) is 15.3. The second-order valence-electron chi connectivity index (χ2n) is 10.3. The lowest BCUT2D eigenvalue weighted by atomic mass is 9.76. The zero-order valence-electron chi connectivity index (χ0n) is 20.5. The molecule has 0 aromatic heterocycles. The molecule has 0 aliphatic heterocycles. The van der Waals surface area contributed by atoms with E-state index in [4.69, 9.17) is 0 Å². The molecule has 0 heterocycles. The molecule has 0 saturated carbocycles. The van der Waals surface area contributed by atoms with Crippen molar-refractivity contribution >= 4 is 10.8 Å². The first-order valence-corrected chi connectivity index (χ1v) is 12.0. The van der Waals surface area contributed by atoms with E-state index in [9.17, 15) is 0 Å². The highest BCUT2D eigenvalue weighted by atomic mass is 14.3. The van der Waals surface area contributed by atoms with Crippen LogP contribution in [0.25, 0.3) is 33.0 Å². The van der Waals surface area contributed by atoms with Crippen LogP contribution in [-0.4, -0.2) is 0 Å². The van der Waals surface area contributed by atoms with Gasteiger partial charge >= 0.3 is 0 Å². The Labute approximate surface area is 194 Å². The molecule has 0 radical (unpaired) electrons. The summed E-state index contributed by atoms with van der Waals surface area (Å²) in [7, 11) is 0. The summed E-state index contributed by atoms with van der Waals surface area (Å²) in [6.07, 6.45) is 2.21. The number of hydrogen-bond donors (Lipinski definition) is 0. The quantitative estimate of drug-likeness (QED) is 0.291. The monoisotopic (exact) mass is 420 g/mol. The van der Waals surface area contributed by atoms with E-state index in [-0.39, 0.29) is 10.8 Å². The van der Waals surface area contributed by atoms with Crippen LogP contribution in [0.1, 0.15) is 65.5 Å². The molecule has 164 valence electrons. The molecule has 0 unspecified atom stereocenters. The summed E-state index contributed by atoms with van der Waals surface area (Å²) in [5, 5.41) is 2.70. The highest BCUT2D eigenvalue weighted by Gasteiger charge is 2.24. The van der Waals surface area contributed by atoms with Gasteiger partial charge in [0.15, 0.2) is 0 Å². The molecule has 4 rings (SSSR count). The average Bonchev–Trinajstić information content (AvgIpc) is 2.83. The Morgan fingerprint density at radius 1 is 0.500 bits per heavy atom. The van der Waals surface area contributed by atoms with Crippen molar-refractivity contribution in [2.75, 3.05) is 0 Å². The third-order valence-electron chi connectivity index (χ3n) is 7.57. The molecule has 0 aliphatic carbocycles. The van der Waals surface area contributed by atoms with Gasteiger partial charge in [-0.25, -0.2) is 0 Å². The SMILES string of the molecule is CCC(C)(C)c1cc(-c2ccccc2)c2cc(C(C)(C)CC)cc(-c3ccccc3)c2c1. The third kappa shape index (κ3) is 4.11. The second kappa shape index (κ2) is 8.58. The number of fused-ring (bicyclic) bond motifs is 1. The van der Waals surface area contributed by atoms with Gasteiger partial charge in [0.05, 0.1) is 0 Å². The minimum Gasteiger partial charge on any atom is -0.0646 e. The van der Waals surface area contributed by atoms with Crippen LogP contribution in [0.4, 0.5) is 0 Å². The Bertz CT molecular complexity index is 1110. The maximum absolute atomic E-state index is 2.45. The Morgan fingerprint density at radius 3 is 1.16 bits per heavy atom. The van der Waals surface area contributed by atoms with Gasteiger partial charge in [0.2, 0.25) is 0 Å². The topological polar surface area (TPSA) is 0 Å². The van der Waals surface area contributed by atoms with Gasteiger partial charge in [0, 0.05) is 0 Å². The molecule has 0 aliphatic rings. The average molecular weight is 421 g/mol. The largest absolute Gasteiger partial charge is 0.0646 e. The minimum absolute atomic E-state index is 0.118. The van der Waals surface area contributed by atoms with Crippen LogP contribution in [0.3, 0.4) is 0 Å². The fourth-order valence-electron chi connectivity index (χ4n) is 4.36. The van der Waals surface area contributed by atoms with Crippen molar-refractivity contribution in [3.05, 3.63) is 96.1 Å². The predicted molar refractivity (Wildman–Crippen MR) is 141 cm³/mol. The molecule has 0 atom stereocenters. The van der Waals surface area contributed by atoms with Crippen LogP contribution in [-0.2, 0) is 10.8 Å². The number of benzene rings is 4. The first kappa shape index (κ1) is 22.3. The molecule has 0 spiro atoms. The second-order valence-corrected chi connectivity index (χ2v) is 10.3. The van der Waals surface area contributed by atoms with Gasteiger partial charge < -0.3 is 0 Å². The zero-order chi connectivity index (χ0) is 22.9. The van der Waals surface area contributed by atoms with E-state index < -0.39 is 0 Å². The molecular weight excluding hydrogens is 384 g/mol. The van der Waals surface area contributed by atoms with Crippen LogP contribution in [0.15, 0.2) is 84.9 Å². The summed E-state index contributed by atoms with van der Waals surface area (Å²) < 4.78 is 0. The smallest absolute Gasteiger partial charge is 0.00960 e. The van der Waals surface area contributed by atoms with Gasteiger partial charge in [-0.3, -0.25) is 0 Å². The Morgan fingerprint density at radius 2 is 0.844 bits per heavy atom. The minimum atomic E-state index is 0.118. The Hall–Kier alpha value is -2.86. The maximum atomic E-state index is 2.45. The lowest BCUT2D eigenvalue weighted by Crippen LogP contribution is -2.17. The molecule has 32 heavy (non-hydrogen) atoms. The van der Waals surface area contributed by atoms with E-state index in [1.807, 2.05) is 0 Å². The van der Waals surface area contributed by atoms with Crippen molar-refractivity contribution in [2.45, 2.75) is 65.2 Å². The summed E-state index contributed by atoms with van der Waals surface area (Å²) >= 11 is 0. The summed E-state index contributed by atoms with van der Waals surface area (Å²) in [5.74, 6) is 0. The van der Waals surface area contributed by atoms with E-state index in [1.54, 1.807) is 0 Å². The summed E-state index contributed by atoms with van der Waals surface area (Å²) in [6, 6.07) is 31.6. The van der Waals surface area contributed by atoms with Crippen LogP contribution in [0.5, 0.6) is 0 Å². The fraction of sp³-hybridized carbons (Fsp3) is 0.312. The van der Waals surface area contributed by atoms with Gasteiger partial charge in [-0.2, -0.15) is 0 Å². The number of rotatable bonds is 6. The molecule has 4 aromatic carbocycles. The standard InChI is InChI=1S/C32H36/c1-7-31(3,4)25-19-27(23-15-11-9-12-16-23)30-22-26(32(5,6)8-2)20-28(29(30)21-25)24-17-13-10-14-18-24/h9-22H,7-8H2,1-6H3. The summed E-state index contributed by atoms with van der Waals surface area (Å²) in [5.41, 5.74) is 8.31. The fourth-order valence-corrected chi connectivity index (χ4v) is 4.36. The molecule has 0 heteroatoms. The highest BCUT2D eigenvalue weighted by Crippen LogP contribution is 2.42. The van der Waals surface area contributed by atoms with Crippen molar-refractivity contribution in [1.82, 2.24) is 0 Å². The normalized spacial score (nSPS) is 12.3. The van der Waals surface area contributed by atoms with Gasteiger partial charge in [0.25, 0.3) is 0 Å². The zero-order valence-corrected chi connectivity index (χ0v) is 20.5. The maximum Gasteiger partial charge on any atom is -0.00960 e. The van der Waals surface area contributed by atoms with Crippen LogP contribution < -0.4 is 0 Å². The van der Waals surface area contributed by atoms with E-state index >= 15 is 0 Å². The highest BCUT2D eigenvalue weighted by molar-refractivity contribution is 6.05. The Balaban J connectivity index is 2.17. The molecule has 0 amide bonds. The number of hydrogen-bond acceptors (Lipinski definition) is 0. The van der Waals surface area contributed by atoms with E-state index in [0.717, 1.165) is 12.8 Å². The van der Waals surface area contributed by atoms with Crippen molar-refractivity contribution in [3.8, 4) is 22.3 Å². The van der Waals surface area contributed by atoms with Crippen molar-refractivity contribution < 1.29 is 0 Å². The summed E-state index contributed by atoms with van der Waals surface area (Å²) in [4.78, 5) is 0. The molecular formula is C32H36. The Kier molecular flexibility index (Phi) is 5.99. The molecule has 0 saturated heterocycles. The third-order valence-corrected chi connectivity index (χ3v) is 7.57. The van der Waals surface area contributed by atoms with Gasteiger partial charge in [-0.15, -0.1) is 0 Å². The molecule has 4 aromatic rings. The van der Waals surface area contributed by atoms with Crippen molar-refractivity contribution in [2.24, 2.45) is 0 Å². The van der Waals surface area contributed by atoms with E-state index in [0.29, 0.717) is 0 Å². The van der Waals surface area contributed by atoms with Crippen LogP contribution >= 0.6 is 0 Å². The van der Waals surface area contributed by atoms with Crippen molar-refractivity contribution in [3.63, 3.8) is 0 Å². The lowest BCUT2D eigenvalue weighted by molar-refractivity contribution is 0.506. The molecule has 0 N–H and O–H groups in total. The van der Waals surface area contributed by atoms with E-state index in [1.165, 1.54) is 44.2 Å². The molecule has 0 nitrogen and oxygen atoms in total. The molecule has 0 bridgehead atoms. The predicted octanol–water partition coefficient (Wildman–Crippen LogP) is 9.55. The van der Waals surface area contributed by atoms with Gasteiger partial charge in [-0.05, 0) is 92.1 Å². The van der Waals surface area contributed by atoms with Crippen LogP contribution in [0.2, 0.25) is 0 Å².